The zero-order valence-corrected chi connectivity index (χ0v) is 6.06. The molecule has 0 bridgehead atoms. The van der Waals surface area contributed by atoms with Crippen molar-refractivity contribution in [3.05, 3.63) is 24.2 Å². The van der Waals surface area contributed by atoms with Gasteiger partial charge in [-0.3, -0.25) is 4.79 Å². The van der Waals surface area contributed by atoms with Crippen molar-refractivity contribution in [3.63, 3.8) is 0 Å². The Morgan fingerprint density at radius 1 is 1.64 bits per heavy atom. The van der Waals surface area contributed by atoms with Crippen molar-refractivity contribution in [2.75, 3.05) is 0 Å². The number of aromatic nitrogens is 3. The van der Waals surface area contributed by atoms with Gasteiger partial charge in [-0.15, -0.1) is 0 Å². The SMILES string of the molecule is Cc1cn(C=O)n2ccnc12. The normalized spacial score (nSPS) is 10.6. The van der Waals surface area contributed by atoms with Crippen molar-refractivity contribution < 1.29 is 4.79 Å². The van der Waals surface area contributed by atoms with Crippen molar-refractivity contribution in [1.29, 1.82) is 0 Å². The van der Waals surface area contributed by atoms with E-state index < -0.39 is 0 Å². The minimum atomic E-state index is 0.752. The van der Waals surface area contributed by atoms with Crippen molar-refractivity contribution >= 4 is 12.1 Å². The van der Waals surface area contributed by atoms with E-state index in [-0.39, 0.29) is 0 Å². The lowest BCUT2D eigenvalue weighted by molar-refractivity contribution is 0.537. The molecule has 2 aromatic heterocycles. The Morgan fingerprint density at radius 3 is 3.18 bits per heavy atom. The van der Waals surface area contributed by atoms with Crippen LogP contribution in [0.15, 0.2) is 18.6 Å². The summed E-state index contributed by atoms with van der Waals surface area (Å²) in [5.41, 5.74) is 1.83. The lowest BCUT2D eigenvalue weighted by Gasteiger charge is -1.88. The molecule has 0 spiro atoms. The molecule has 0 aliphatic heterocycles. The van der Waals surface area contributed by atoms with E-state index in [1.165, 1.54) is 4.68 Å². The molecular weight excluding hydrogens is 142 g/mol. The Kier molecular flexibility index (Phi) is 1.09. The van der Waals surface area contributed by atoms with E-state index in [4.69, 9.17) is 0 Å². The molecule has 0 atom stereocenters. The first kappa shape index (κ1) is 6.15. The molecule has 0 saturated heterocycles. The Hall–Kier alpha value is -1.58. The van der Waals surface area contributed by atoms with Crippen LogP contribution in [0.2, 0.25) is 0 Å². The van der Waals surface area contributed by atoms with Gasteiger partial charge < -0.3 is 0 Å². The fourth-order valence-electron chi connectivity index (χ4n) is 1.17. The summed E-state index contributed by atoms with van der Waals surface area (Å²) in [6.45, 7) is 1.92. The zero-order chi connectivity index (χ0) is 7.84. The zero-order valence-electron chi connectivity index (χ0n) is 6.06. The summed E-state index contributed by atoms with van der Waals surface area (Å²) in [7, 11) is 0. The minimum Gasteiger partial charge on any atom is -0.276 e. The third kappa shape index (κ3) is 0.690. The van der Waals surface area contributed by atoms with E-state index in [2.05, 4.69) is 4.98 Å². The van der Waals surface area contributed by atoms with E-state index in [0.29, 0.717) is 0 Å². The summed E-state index contributed by atoms with van der Waals surface area (Å²) in [5.74, 6) is 0. The summed E-state index contributed by atoms with van der Waals surface area (Å²) >= 11 is 0. The number of nitrogens with zero attached hydrogens (tertiary/aromatic N) is 3. The number of imidazole rings is 1. The standard InChI is InChI=1S/C7H7N3O/c1-6-4-9(5-11)10-3-2-8-7(6)10/h2-5H,1H3. The highest BCUT2D eigenvalue weighted by molar-refractivity contribution is 5.57. The molecule has 4 nitrogen and oxygen atoms in total. The second-order valence-corrected chi connectivity index (χ2v) is 2.39. The predicted molar refractivity (Wildman–Crippen MR) is 40.1 cm³/mol. The molecule has 0 fully saturated rings. The summed E-state index contributed by atoms with van der Waals surface area (Å²) in [6, 6.07) is 0. The molecule has 0 unspecified atom stereocenters. The fraction of sp³-hybridized carbons (Fsp3) is 0.143. The van der Waals surface area contributed by atoms with E-state index in [9.17, 15) is 4.79 Å². The quantitative estimate of drug-likeness (QED) is 0.553. The van der Waals surface area contributed by atoms with Crippen LogP contribution in [-0.2, 0) is 4.79 Å². The second-order valence-electron chi connectivity index (χ2n) is 2.39. The first-order chi connectivity index (χ1) is 5.33. The van der Waals surface area contributed by atoms with E-state index in [0.717, 1.165) is 17.6 Å². The molecule has 0 saturated carbocycles. The van der Waals surface area contributed by atoms with Gasteiger partial charge in [0.1, 0.15) is 0 Å². The molecule has 2 heterocycles. The van der Waals surface area contributed by atoms with Crippen LogP contribution >= 0.6 is 0 Å². The van der Waals surface area contributed by atoms with Crippen LogP contribution in [0.4, 0.5) is 0 Å². The van der Waals surface area contributed by atoms with Gasteiger partial charge in [-0.05, 0) is 6.92 Å². The first-order valence-corrected chi connectivity index (χ1v) is 3.29. The third-order valence-electron chi connectivity index (χ3n) is 1.66. The number of hydrogen-bond acceptors (Lipinski definition) is 2. The molecule has 0 radical (unpaired) electrons. The van der Waals surface area contributed by atoms with E-state index >= 15 is 0 Å². The third-order valence-corrected chi connectivity index (χ3v) is 1.66. The topological polar surface area (TPSA) is 39.3 Å². The molecule has 0 aliphatic rings. The highest BCUT2D eigenvalue weighted by Gasteiger charge is 2.02. The van der Waals surface area contributed by atoms with Gasteiger partial charge in [0.2, 0.25) is 6.41 Å². The van der Waals surface area contributed by atoms with Gasteiger partial charge in [0, 0.05) is 24.2 Å². The largest absolute Gasteiger partial charge is 0.276 e. The second kappa shape index (κ2) is 1.95. The maximum absolute atomic E-state index is 10.4. The Bertz CT molecular complexity index is 399. The van der Waals surface area contributed by atoms with Crippen LogP contribution in [0, 0.1) is 6.92 Å². The number of carbonyl (C=O) groups is 1. The number of carbonyl (C=O) groups excluding carboxylic acids is 1. The summed E-state index contributed by atoms with van der Waals surface area (Å²) in [5, 5.41) is 0. The first-order valence-electron chi connectivity index (χ1n) is 3.29. The predicted octanol–water partition coefficient (Wildman–Crippen LogP) is 0.483. The highest BCUT2D eigenvalue weighted by Crippen LogP contribution is 2.06. The van der Waals surface area contributed by atoms with Crippen molar-refractivity contribution in [1.82, 2.24) is 14.2 Å². The number of hydrogen-bond donors (Lipinski definition) is 0. The van der Waals surface area contributed by atoms with Crippen LogP contribution in [-0.4, -0.2) is 20.6 Å². The van der Waals surface area contributed by atoms with Gasteiger partial charge >= 0.3 is 0 Å². The Morgan fingerprint density at radius 2 is 2.45 bits per heavy atom. The average molecular weight is 149 g/mol. The number of rotatable bonds is 1. The molecule has 56 valence electrons. The Labute approximate surface area is 63.0 Å². The molecule has 2 aromatic rings. The Balaban J connectivity index is 2.90. The van der Waals surface area contributed by atoms with Gasteiger partial charge in [0.05, 0.1) is 0 Å². The van der Waals surface area contributed by atoms with Crippen molar-refractivity contribution in [3.8, 4) is 0 Å². The van der Waals surface area contributed by atoms with Gasteiger partial charge in [0.25, 0.3) is 0 Å². The molecule has 4 heteroatoms. The molecule has 11 heavy (non-hydrogen) atoms. The maximum atomic E-state index is 10.4. The summed E-state index contributed by atoms with van der Waals surface area (Å²) < 4.78 is 3.15. The van der Waals surface area contributed by atoms with Gasteiger partial charge in [0.15, 0.2) is 5.65 Å². The van der Waals surface area contributed by atoms with Crippen LogP contribution < -0.4 is 0 Å². The monoisotopic (exact) mass is 149 g/mol. The van der Waals surface area contributed by atoms with Gasteiger partial charge in [-0.25, -0.2) is 14.2 Å². The van der Waals surface area contributed by atoms with Gasteiger partial charge in [-0.1, -0.05) is 0 Å². The smallest absolute Gasteiger partial charge is 0.232 e. The van der Waals surface area contributed by atoms with Crippen LogP contribution in [0.1, 0.15) is 5.56 Å². The average Bonchev–Trinajstić information content (AvgIpc) is 2.54. The number of fused-ring (bicyclic) bond motifs is 1. The molecule has 0 N–H and O–H groups in total. The van der Waals surface area contributed by atoms with E-state index in [1.807, 2.05) is 6.92 Å². The van der Waals surface area contributed by atoms with Crippen LogP contribution in [0.25, 0.3) is 5.65 Å². The fourth-order valence-corrected chi connectivity index (χ4v) is 1.17. The summed E-state index contributed by atoms with van der Waals surface area (Å²) in [6.07, 6.45) is 5.91. The lowest BCUT2D eigenvalue weighted by Crippen LogP contribution is -1.99. The lowest BCUT2D eigenvalue weighted by atomic mass is 10.4. The van der Waals surface area contributed by atoms with Crippen LogP contribution in [0.3, 0.4) is 0 Å². The molecule has 2 rings (SSSR count). The van der Waals surface area contributed by atoms with Gasteiger partial charge in [-0.2, -0.15) is 0 Å². The molecule has 0 amide bonds. The van der Waals surface area contributed by atoms with Crippen molar-refractivity contribution in [2.45, 2.75) is 6.92 Å². The molecule has 0 aliphatic carbocycles. The van der Waals surface area contributed by atoms with Crippen LogP contribution in [0.5, 0.6) is 0 Å². The molecular formula is C7H7N3O. The maximum Gasteiger partial charge on any atom is 0.232 e. The number of aryl methyl sites for hydroxylation is 1. The van der Waals surface area contributed by atoms with E-state index in [1.54, 1.807) is 23.1 Å². The van der Waals surface area contributed by atoms with Crippen molar-refractivity contribution in [2.24, 2.45) is 0 Å². The highest BCUT2D eigenvalue weighted by atomic mass is 16.1. The molecule has 0 aromatic carbocycles. The minimum absolute atomic E-state index is 0.752. The summed E-state index contributed by atoms with van der Waals surface area (Å²) in [4.78, 5) is 14.5.